The van der Waals surface area contributed by atoms with Gasteiger partial charge in [-0.05, 0) is 71.4 Å². The molecule has 0 saturated heterocycles. The summed E-state index contributed by atoms with van der Waals surface area (Å²) in [6.45, 7) is 12.0. The fourth-order valence-electron chi connectivity index (χ4n) is 6.00. The van der Waals surface area contributed by atoms with E-state index >= 15 is 4.39 Å². The van der Waals surface area contributed by atoms with Crippen LogP contribution in [0.5, 0.6) is 11.5 Å². The van der Waals surface area contributed by atoms with Crippen LogP contribution in [0.25, 0.3) is 17.2 Å². The lowest BCUT2D eigenvalue weighted by atomic mass is 9.85. The number of ether oxygens (including phenoxy) is 2. The molecule has 1 aliphatic carbocycles. The molecule has 0 bridgehead atoms. The highest BCUT2D eigenvalue weighted by Gasteiger charge is 2.35. The molecular weight excluding hydrogens is 509 g/mol. The fraction of sp³-hybridized carbons (Fsp3) is 0.469. The zero-order valence-corrected chi connectivity index (χ0v) is 24.4. The van der Waals surface area contributed by atoms with Gasteiger partial charge in [-0.2, -0.15) is 4.39 Å². The molecular formula is C32H38FN3O4. The van der Waals surface area contributed by atoms with Crippen LogP contribution in [0.3, 0.4) is 0 Å². The van der Waals surface area contributed by atoms with Gasteiger partial charge in [0.15, 0.2) is 11.5 Å². The monoisotopic (exact) mass is 547 g/mol. The molecule has 5 rings (SSSR count). The third kappa shape index (κ3) is 5.00. The highest BCUT2D eigenvalue weighted by Crippen LogP contribution is 2.51. The molecule has 3 aromatic rings. The van der Waals surface area contributed by atoms with Gasteiger partial charge >= 0.3 is 5.97 Å². The second-order valence-corrected chi connectivity index (χ2v) is 12.0. The molecule has 8 heteroatoms. The Labute approximate surface area is 235 Å². The Kier molecular flexibility index (Phi) is 7.23. The average Bonchev–Trinajstić information content (AvgIpc) is 3.43. The fourth-order valence-corrected chi connectivity index (χ4v) is 6.00. The van der Waals surface area contributed by atoms with Crippen LogP contribution in [0.1, 0.15) is 85.8 Å². The van der Waals surface area contributed by atoms with Gasteiger partial charge < -0.3 is 19.1 Å². The zero-order valence-electron chi connectivity index (χ0n) is 24.4. The number of hydrogen-bond acceptors (Lipinski definition) is 5. The molecule has 1 aliphatic heterocycles. The molecule has 0 saturated carbocycles. The van der Waals surface area contributed by atoms with Gasteiger partial charge in [0.05, 0.1) is 25.0 Å². The topological polar surface area (TPSA) is 86.5 Å². The maximum atomic E-state index is 16.3. The lowest BCUT2D eigenvalue weighted by Crippen LogP contribution is -2.25. The number of carbonyl (C=O) groups is 1. The molecule has 0 amide bonds. The van der Waals surface area contributed by atoms with Crippen molar-refractivity contribution in [1.29, 1.82) is 0 Å². The Morgan fingerprint density at radius 1 is 1.25 bits per heavy atom. The number of allylic oxidation sites excluding steroid dienone is 1. The summed E-state index contributed by atoms with van der Waals surface area (Å²) in [6.07, 6.45) is 8.69. The molecule has 1 unspecified atom stereocenters. The molecule has 1 atom stereocenters. The molecule has 0 spiro atoms. The summed E-state index contributed by atoms with van der Waals surface area (Å²) in [5.74, 6) is -1.10. The predicted molar refractivity (Wildman–Crippen MR) is 153 cm³/mol. The second-order valence-electron chi connectivity index (χ2n) is 12.0. The van der Waals surface area contributed by atoms with Crippen molar-refractivity contribution in [1.82, 2.24) is 14.5 Å². The van der Waals surface area contributed by atoms with Gasteiger partial charge in [0.1, 0.15) is 5.60 Å². The van der Waals surface area contributed by atoms with Crippen molar-refractivity contribution in [3.8, 4) is 22.6 Å². The van der Waals surface area contributed by atoms with E-state index in [1.807, 2.05) is 52.4 Å². The first-order valence-electron chi connectivity index (χ1n) is 13.9. The molecule has 1 aromatic carbocycles. The zero-order chi connectivity index (χ0) is 28.9. The van der Waals surface area contributed by atoms with Gasteiger partial charge in [-0.15, -0.1) is 0 Å². The molecule has 3 heterocycles. The van der Waals surface area contributed by atoms with Crippen molar-refractivity contribution in [3.63, 3.8) is 0 Å². The smallest absolute Gasteiger partial charge is 0.307 e. The number of pyridine rings is 1. The summed E-state index contributed by atoms with van der Waals surface area (Å²) in [7, 11) is 1.98. The molecule has 212 valence electrons. The molecule has 1 N–H and O–H groups in total. The minimum Gasteiger partial charge on any atom is -0.490 e. The first-order chi connectivity index (χ1) is 18.9. The van der Waals surface area contributed by atoms with Crippen molar-refractivity contribution in [2.45, 2.75) is 85.2 Å². The van der Waals surface area contributed by atoms with Crippen molar-refractivity contribution in [2.24, 2.45) is 7.05 Å². The lowest BCUT2D eigenvalue weighted by Gasteiger charge is -2.30. The third-order valence-corrected chi connectivity index (χ3v) is 7.99. The number of carboxylic acids is 1. The Bertz CT molecular complexity index is 1530. The summed E-state index contributed by atoms with van der Waals surface area (Å²) < 4.78 is 30.5. The molecule has 0 fully saturated rings. The maximum absolute atomic E-state index is 16.3. The van der Waals surface area contributed by atoms with E-state index in [4.69, 9.17) is 14.5 Å². The Hall–Kier alpha value is -3.68. The van der Waals surface area contributed by atoms with E-state index in [1.54, 1.807) is 6.33 Å². The molecule has 40 heavy (non-hydrogen) atoms. The predicted octanol–water partition coefficient (Wildman–Crippen LogP) is 6.50. The number of aryl methyl sites for hydroxylation is 3. The van der Waals surface area contributed by atoms with E-state index in [0.29, 0.717) is 35.4 Å². The van der Waals surface area contributed by atoms with E-state index in [9.17, 15) is 9.90 Å². The summed E-state index contributed by atoms with van der Waals surface area (Å²) in [4.78, 5) is 21.3. The number of halogens is 1. The van der Waals surface area contributed by atoms with E-state index in [0.717, 1.165) is 47.3 Å². The Balaban J connectivity index is 1.78. The molecule has 2 aliphatic rings. The normalized spacial score (nSPS) is 16.3. The summed E-state index contributed by atoms with van der Waals surface area (Å²) in [5.41, 5.74) is 7.59. The van der Waals surface area contributed by atoms with Gasteiger partial charge in [0, 0.05) is 52.8 Å². The van der Waals surface area contributed by atoms with Crippen molar-refractivity contribution in [2.75, 3.05) is 6.61 Å². The Morgan fingerprint density at radius 2 is 2.00 bits per heavy atom. The highest BCUT2D eigenvalue weighted by atomic mass is 19.1. The number of hydrogen-bond donors (Lipinski definition) is 1. The maximum Gasteiger partial charge on any atom is 0.307 e. The van der Waals surface area contributed by atoms with Crippen LogP contribution in [0.2, 0.25) is 0 Å². The van der Waals surface area contributed by atoms with Crippen LogP contribution in [0, 0.1) is 19.7 Å². The first kappa shape index (κ1) is 27.9. The molecule has 7 nitrogen and oxygen atoms in total. The van der Waals surface area contributed by atoms with E-state index < -0.39 is 17.4 Å². The van der Waals surface area contributed by atoms with Gasteiger partial charge in [-0.25, -0.2) is 4.98 Å². The second kappa shape index (κ2) is 10.4. The van der Waals surface area contributed by atoms with Crippen molar-refractivity contribution in [3.05, 3.63) is 63.3 Å². The minimum absolute atomic E-state index is 0.0395. The number of aliphatic carboxylic acids is 1. The number of aromatic nitrogens is 3. The average molecular weight is 548 g/mol. The Morgan fingerprint density at radius 3 is 2.65 bits per heavy atom. The molecule has 2 aromatic heterocycles. The standard InChI is InChI=1S/C32H38FN3O4/c1-17-20(10-11-21-15-34-16-36(21)7)13-24-27(23(14-25(37)38)19(3)35-29(17)24)26-18(2)22-9-8-12-39-30(22)28(33)31(26)40-32(4,5)6/h13,15-17H,8-12,14H2,1-7H3,(H,37,38). The minimum atomic E-state index is -0.963. The van der Waals surface area contributed by atoms with Gasteiger partial charge in [-0.3, -0.25) is 9.78 Å². The van der Waals surface area contributed by atoms with Gasteiger partial charge in [0.2, 0.25) is 5.82 Å². The number of nitrogens with zero attached hydrogens (tertiary/aromatic N) is 3. The third-order valence-electron chi connectivity index (χ3n) is 7.99. The number of rotatable bonds is 7. The quantitative estimate of drug-likeness (QED) is 0.363. The van der Waals surface area contributed by atoms with E-state index in [-0.39, 0.29) is 23.8 Å². The van der Waals surface area contributed by atoms with E-state index in [1.165, 1.54) is 5.57 Å². The largest absolute Gasteiger partial charge is 0.490 e. The van der Waals surface area contributed by atoms with Crippen LogP contribution < -0.4 is 9.47 Å². The number of benzene rings is 1. The van der Waals surface area contributed by atoms with Gasteiger partial charge in [0.25, 0.3) is 0 Å². The highest BCUT2D eigenvalue weighted by molar-refractivity contribution is 5.91. The van der Waals surface area contributed by atoms with Gasteiger partial charge in [-0.1, -0.05) is 18.6 Å². The van der Waals surface area contributed by atoms with Crippen LogP contribution in [0.15, 0.2) is 18.1 Å². The van der Waals surface area contributed by atoms with E-state index in [2.05, 4.69) is 18.0 Å². The SMILES string of the molecule is Cc1nc2c(c(-c3c(C)c4c(c(F)c3OC(C)(C)C)OCCC4)c1CC(=O)O)C=C(CCc1cncn1C)C2C. The first-order valence-corrected chi connectivity index (χ1v) is 13.9. The van der Waals surface area contributed by atoms with Crippen LogP contribution in [-0.4, -0.2) is 37.8 Å². The summed E-state index contributed by atoms with van der Waals surface area (Å²) in [6, 6.07) is 0. The van der Waals surface area contributed by atoms with Crippen molar-refractivity contribution < 1.29 is 23.8 Å². The number of carboxylic acid groups (broad SMARTS) is 1. The lowest BCUT2D eigenvalue weighted by molar-refractivity contribution is -0.136. The van der Waals surface area contributed by atoms with Crippen LogP contribution >= 0.6 is 0 Å². The number of fused-ring (bicyclic) bond motifs is 2. The van der Waals surface area contributed by atoms with Crippen LogP contribution in [-0.2, 0) is 31.1 Å². The van der Waals surface area contributed by atoms with Crippen LogP contribution in [0.4, 0.5) is 4.39 Å². The molecule has 0 radical (unpaired) electrons. The number of imidazole rings is 1. The van der Waals surface area contributed by atoms with Crippen molar-refractivity contribution >= 4 is 12.0 Å². The summed E-state index contributed by atoms with van der Waals surface area (Å²) in [5, 5.41) is 9.93. The summed E-state index contributed by atoms with van der Waals surface area (Å²) >= 11 is 0.